The monoisotopic (exact) mass is 211 g/mol. The van der Waals surface area contributed by atoms with E-state index in [-0.39, 0.29) is 5.82 Å². The van der Waals surface area contributed by atoms with Gasteiger partial charge in [0.1, 0.15) is 11.6 Å². The van der Waals surface area contributed by atoms with Crippen LogP contribution in [0.25, 0.3) is 0 Å². The van der Waals surface area contributed by atoms with Gasteiger partial charge in [-0.1, -0.05) is 13.8 Å². The van der Waals surface area contributed by atoms with Crippen LogP contribution in [-0.4, -0.2) is 6.61 Å². The molecule has 0 amide bonds. The van der Waals surface area contributed by atoms with E-state index in [0.717, 1.165) is 12.8 Å². The molecule has 84 valence electrons. The highest BCUT2D eigenvalue weighted by atomic mass is 19.1. The molecule has 0 aliphatic heterocycles. The fourth-order valence-electron chi connectivity index (χ4n) is 1.32. The van der Waals surface area contributed by atoms with Crippen LogP contribution in [-0.2, 0) is 0 Å². The number of benzene rings is 1. The highest BCUT2D eigenvalue weighted by Crippen LogP contribution is 2.22. The van der Waals surface area contributed by atoms with Crippen molar-refractivity contribution in [1.82, 2.24) is 0 Å². The summed E-state index contributed by atoms with van der Waals surface area (Å²) in [5.41, 5.74) is 5.96. The lowest BCUT2D eigenvalue weighted by molar-refractivity contribution is 0.299. The maximum absolute atomic E-state index is 12.7. The van der Waals surface area contributed by atoms with E-state index in [1.54, 1.807) is 6.07 Å². The molecule has 0 unspecified atom stereocenters. The third-order valence-corrected chi connectivity index (χ3v) is 2.16. The second kappa shape index (κ2) is 5.59. The Labute approximate surface area is 90.2 Å². The molecule has 0 radical (unpaired) electrons. The number of anilines is 1. The molecule has 2 N–H and O–H groups in total. The van der Waals surface area contributed by atoms with Crippen molar-refractivity contribution in [1.29, 1.82) is 0 Å². The van der Waals surface area contributed by atoms with Crippen molar-refractivity contribution in [2.75, 3.05) is 12.3 Å². The summed E-state index contributed by atoms with van der Waals surface area (Å²) in [5.74, 6) is 0.918. The van der Waals surface area contributed by atoms with Gasteiger partial charge in [0, 0.05) is 6.07 Å². The summed E-state index contributed by atoms with van der Waals surface area (Å²) in [5, 5.41) is 0. The average Bonchev–Trinajstić information content (AvgIpc) is 2.14. The molecule has 1 rings (SSSR count). The van der Waals surface area contributed by atoms with Gasteiger partial charge in [0.2, 0.25) is 0 Å². The summed E-state index contributed by atoms with van der Waals surface area (Å²) in [7, 11) is 0. The topological polar surface area (TPSA) is 35.2 Å². The van der Waals surface area contributed by atoms with Crippen molar-refractivity contribution in [3.63, 3.8) is 0 Å². The van der Waals surface area contributed by atoms with E-state index in [0.29, 0.717) is 24.0 Å². The molecular weight excluding hydrogens is 193 g/mol. The first-order valence-corrected chi connectivity index (χ1v) is 5.27. The fourth-order valence-corrected chi connectivity index (χ4v) is 1.32. The van der Waals surface area contributed by atoms with E-state index < -0.39 is 0 Å². The predicted octanol–water partition coefficient (Wildman–Crippen LogP) is 3.22. The smallest absolute Gasteiger partial charge is 0.142 e. The third kappa shape index (κ3) is 4.19. The quantitative estimate of drug-likeness (QED) is 0.599. The molecule has 0 atom stereocenters. The number of hydrogen-bond donors (Lipinski definition) is 1. The standard InChI is InChI=1S/C12H18FNO/c1-9(2)4-3-7-15-12-6-5-10(13)8-11(12)14/h5-6,8-9H,3-4,7,14H2,1-2H3. The maximum Gasteiger partial charge on any atom is 0.142 e. The summed E-state index contributed by atoms with van der Waals surface area (Å²) in [6.07, 6.45) is 2.12. The first-order valence-electron chi connectivity index (χ1n) is 5.27. The van der Waals surface area contributed by atoms with Crippen LogP contribution in [0.15, 0.2) is 18.2 Å². The number of halogens is 1. The Balaban J connectivity index is 2.37. The van der Waals surface area contributed by atoms with Crippen LogP contribution in [0, 0.1) is 11.7 Å². The van der Waals surface area contributed by atoms with Crippen molar-refractivity contribution in [2.45, 2.75) is 26.7 Å². The average molecular weight is 211 g/mol. The second-order valence-corrected chi connectivity index (χ2v) is 4.07. The lowest BCUT2D eigenvalue weighted by Gasteiger charge is -2.09. The van der Waals surface area contributed by atoms with Crippen molar-refractivity contribution in [3.05, 3.63) is 24.0 Å². The molecule has 2 nitrogen and oxygen atoms in total. The summed E-state index contributed by atoms with van der Waals surface area (Å²) < 4.78 is 18.2. The molecule has 0 aliphatic rings. The van der Waals surface area contributed by atoms with Gasteiger partial charge in [0.05, 0.1) is 12.3 Å². The van der Waals surface area contributed by atoms with E-state index >= 15 is 0 Å². The van der Waals surface area contributed by atoms with E-state index in [1.807, 2.05) is 0 Å². The molecule has 1 aromatic carbocycles. The fraction of sp³-hybridized carbons (Fsp3) is 0.500. The first kappa shape index (κ1) is 11.8. The largest absolute Gasteiger partial charge is 0.491 e. The number of nitrogens with two attached hydrogens (primary N) is 1. The molecule has 3 heteroatoms. The number of rotatable bonds is 5. The molecule has 0 aliphatic carbocycles. The van der Waals surface area contributed by atoms with Gasteiger partial charge in [-0.2, -0.15) is 0 Å². The molecule has 0 heterocycles. The highest BCUT2D eigenvalue weighted by Gasteiger charge is 2.01. The van der Waals surface area contributed by atoms with Gasteiger partial charge in [-0.3, -0.25) is 0 Å². The molecule has 0 spiro atoms. The molecule has 0 saturated heterocycles. The van der Waals surface area contributed by atoms with Crippen molar-refractivity contribution in [3.8, 4) is 5.75 Å². The van der Waals surface area contributed by atoms with Crippen LogP contribution < -0.4 is 10.5 Å². The van der Waals surface area contributed by atoms with Gasteiger partial charge in [-0.15, -0.1) is 0 Å². The minimum Gasteiger partial charge on any atom is -0.491 e. The SMILES string of the molecule is CC(C)CCCOc1ccc(F)cc1N. The van der Waals surface area contributed by atoms with Crippen LogP contribution in [0.5, 0.6) is 5.75 Å². The van der Waals surface area contributed by atoms with Gasteiger partial charge in [-0.05, 0) is 30.9 Å². The van der Waals surface area contributed by atoms with Crippen LogP contribution in [0.4, 0.5) is 10.1 Å². The van der Waals surface area contributed by atoms with Gasteiger partial charge in [0.15, 0.2) is 0 Å². The normalized spacial score (nSPS) is 10.7. The van der Waals surface area contributed by atoms with Crippen LogP contribution >= 0.6 is 0 Å². The lowest BCUT2D eigenvalue weighted by Crippen LogP contribution is -2.02. The minimum atomic E-state index is -0.331. The van der Waals surface area contributed by atoms with Crippen molar-refractivity contribution in [2.24, 2.45) is 5.92 Å². The Morgan fingerprint density at radius 1 is 1.40 bits per heavy atom. The van der Waals surface area contributed by atoms with Crippen molar-refractivity contribution >= 4 is 5.69 Å². The van der Waals surface area contributed by atoms with Gasteiger partial charge in [0.25, 0.3) is 0 Å². The second-order valence-electron chi connectivity index (χ2n) is 4.07. The van der Waals surface area contributed by atoms with E-state index in [2.05, 4.69) is 13.8 Å². The highest BCUT2D eigenvalue weighted by molar-refractivity contribution is 5.52. The Morgan fingerprint density at radius 3 is 2.73 bits per heavy atom. The van der Waals surface area contributed by atoms with E-state index in [9.17, 15) is 4.39 Å². The number of hydrogen-bond acceptors (Lipinski definition) is 2. The van der Waals surface area contributed by atoms with E-state index in [1.165, 1.54) is 12.1 Å². The van der Waals surface area contributed by atoms with Crippen LogP contribution in [0.2, 0.25) is 0 Å². The summed E-state index contributed by atoms with van der Waals surface area (Å²) >= 11 is 0. The number of ether oxygens (including phenoxy) is 1. The maximum atomic E-state index is 12.7. The number of nitrogen functional groups attached to an aromatic ring is 1. The summed E-state index contributed by atoms with van der Waals surface area (Å²) in [6, 6.07) is 4.20. The lowest BCUT2D eigenvalue weighted by atomic mass is 10.1. The molecule has 1 aromatic rings. The molecule has 0 aromatic heterocycles. The minimum absolute atomic E-state index is 0.331. The van der Waals surface area contributed by atoms with Gasteiger partial charge >= 0.3 is 0 Å². The molecule has 15 heavy (non-hydrogen) atoms. The molecule has 0 bridgehead atoms. The van der Waals surface area contributed by atoms with E-state index in [4.69, 9.17) is 10.5 Å². The van der Waals surface area contributed by atoms with Crippen LogP contribution in [0.1, 0.15) is 26.7 Å². The zero-order valence-electron chi connectivity index (χ0n) is 9.29. The Morgan fingerprint density at radius 2 is 2.13 bits per heavy atom. The zero-order valence-corrected chi connectivity index (χ0v) is 9.29. The van der Waals surface area contributed by atoms with Gasteiger partial charge < -0.3 is 10.5 Å². The van der Waals surface area contributed by atoms with Gasteiger partial charge in [-0.25, -0.2) is 4.39 Å². The third-order valence-electron chi connectivity index (χ3n) is 2.16. The Kier molecular flexibility index (Phi) is 4.40. The molecule has 0 fully saturated rings. The predicted molar refractivity (Wildman–Crippen MR) is 60.4 cm³/mol. The molecular formula is C12H18FNO. The molecule has 0 saturated carbocycles. The zero-order chi connectivity index (χ0) is 11.3. The Bertz CT molecular complexity index is 312. The summed E-state index contributed by atoms with van der Waals surface area (Å²) in [4.78, 5) is 0. The van der Waals surface area contributed by atoms with Crippen LogP contribution in [0.3, 0.4) is 0 Å². The van der Waals surface area contributed by atoms with Crippen molar-refractivity contribution < 1.29 is 9.13 Å². The Hall–Kier alpha value is -1.25. The first-order chi connectivity index (χ1) is 7.09. The summed E-state index contributed by atoms with van der Waals surface area (Å²) in [6.45, 7) is 4.98.